The van der Waals surface area contributed by atoms with E-state index in [1.165, 1.54) is 5.56 Å². The minimum Gasteiger partial charge on any atom is -0.352 e. The third kappa shape index (κ3) is 4.55. The predicted molar refractivity (Wildman–Crippen MR) is 90.4 cm³/mol. The van der Waals surface area contributed by atoms with E-state index in [0.717, 1.165) is 38.3 Å². The maximum absolute atomic E-state index is 12.1. The van der Waals surface area contributed by atoms with Gasteiger partial charge in [-0.05, 0) is 43.2 Å². The summed E-state index contributed by atoms with van der Waals surface area (Å²) in [6.45, 7) is 12.1. The molecule has 1 unspecified atom stereocenters. The van der Waals surface area contributed by atoms with Crippen molar-refractivity contribution in [2.75, 3.05) is 26.2 Å². The summed E-state index contributed by atoms with van der Waals surface area (Å²) in [4.78, 5) is 14.5. The molecule has 2 N–H and O–H groups in total. The largest absolute Gasteiger partial charge is 0.352 e. The van der Waals surface area contributed by atoms with E-state index in [9.17, 15) is 4.79 Å². The molecule has 0 bridgehead atoms. The molecule has 1 aliphatic heterocycles. The number of hydrogen-bond donors (Lipinski definition) is 2. The molecule has 1 amide bonds. The van der Waals surface area contributed by atoms with Crippen molar-refractivity contribution in [1.29, 1.82) is 0 Å². The number of carbonyl (C=O) groups is 1. The van der Waals surface area contributed by atoms with Crippen LogP contribution in [-0.4, -0.2) is 37.0 Å². The molecule has 2 rings (SSSR count). The molecule has 1 saturated heterocycles. The molecule has 1 aromatic rings. The van der Waals surface area contributed by atoms with Gasteiger partial charge in [-0.2, -0.15) is 0 Å². The first-order valence-corrected chi connectivity index (χ1v) is 8.42. The SMILES string of the molecule is CCN(CC)Cc1ccc(CNC(=O)C(C)C2CNC2)cc1. The first-order chi connectivity index (χ1) is 10.6. The Labute approximate surface area is 134 Å². The van der Waals surface area contributed by atoms with Gasteiger partial charge in [0.25, 0.3) is 0 Å². The van der Waals surface area contributed by atoms with Gasteiger partial charge in [0.15, 0.2) is 0 Å². The molecule has 0 aliphatic carbocycles. The van der Waals surface area contributed by atoms with Crippen LogP contribution in [0.2, 0.25) is 0 Å². The fraction of sp³-hybridized carbons (Fsp3) is 0.611. The lowest BCUT2D eigenvalue weighted by molar-refractivity contribution is -0.126. The average Bonchev–Trinajstić information content (AvgIpc) is 2.49. The van der Waals surface area contributed by atoms with Crippen LogP contribution in [0.3, 0.4) is 0 Å². The highest BCUT2D eigenvalue weighted by molar-refractivity contribution is 5.78. The highest BCUT2D eigenvalue weighted by atomic mass is 16.1. The van der Waals surface area contributed by atoms with Crippen LogP contribution in [0.25, 0.3) is 0 Å². The molecule has 1 aromatic carbocycles. The lowest BCUT2D eigenvalue weighted by Gasteiger charge is -2.31. The standard InChI is InChI=1S/C18H29N3O/c1-4-21(5-2)13-16-8-6-15(7-9-16)10-20-18(22)14(3)17-11-19-12-17/h6-9,14,17,19H,4-5,10-13H2,1-3H3,(H,20,22). The fourth-order valence-corrected chi connectivity index (χ4v) is 2.70. The maximum Gasteiger partial charge on any atom is 0.223 e. The Morgan fingerprint density at radius 2 is 1.82 bits per heavy atom. The third-order valence-electron chi connectivity index (χ3n) is 4.72. The summed E-state index contributed by atoms with van der Waals surface area (Å²) in [7, 11) is 0. The Bertz CT molecular complexity index is 464. The summed E-state index contributed by atoms with van der Waals surface area (Å²) in [5.74, 6) is 0.762. The molecule has 0 saturated carbocycles. The van der Waals surface area contributed by atoms with Crippen molar-refractivity contribution in [3.63, 3.8) is 0 Å². The average molecular weight is 303 g/mol. The Kier molecular flexibility index (Phi) is 6.40. The van der Waals surface area contributed by atoms with Crippen molar-refractivity contribution in [1.82, 2.24) is 15.5 Å². The lowest BCUT2D eigenvalue weighted by Crippen LogP contribution is -2.49. The topological polar surface area (TPSA) is 44.4 Å². The Morgan fingerprint density at radius 3 is 2.32 bits per heavy atom. The van der Waals surface area contributed by atoms with Gasteiger partial charge in [0.05, 0.1) is 0 Å². The zero-order chi connectivity index (χ0) is 15.9. The van der Waals surface area contributed by atoms with Crippen LogP contribution in [0, 0.1) is 11.8 Å². The summed E-state index contributed by atoms with van der Waals surface area (Å²) < 4.78 is 0. The van der Waals surface area contributed by atoms with Crippen LogP contribution >= 0.6 is 0 Å². The summed E-state index contributed by atoms with van der Waals surface area (Å²) >= 11 is 0. The molecule has 0 radical (unpaired) electrons. The second-order valence-electron chi connectivity index (χ2n) is 6.20. The summed E-state index contributed by atoms with van der Waals surface area (Å²) in [6.07, 6.45) is 0. The van der Waals surface area contributed by atoms with Crippen LogP contribution in [0.5, 0.6) is 0 Å². The van der Waals surface area contributed by atoms with Crippen molar-refractivity contribution in [2.24, 2.45) is 11.8 Å². The Balaban J connectivity index is 1.79. The van der Waals surface area contributed by atoms with Crippen molar-refractivity contribution in [3.8, 4) is 0 Å². The van der Waals surface area contributed by atoms with Gasteiger partial charge in [-0.1, -0.05) is 45.0 Å². The van der Waals surface area contributed by atoms with Gasteiger partial charge in [0.2, 0.25) is 5.91 Å². The van der Waals surface area contributed by atoms with E-state index in [0.29, 0.717) is 12.5 Å². The Hall–Kier alpha value is -1.39. The molecule has 1 fully saturated rings. The van der Waals surface area contributed by atoms with Gasteiger partial charge in [-0.3, -0.25) is 9.69 Å². The number of benzene rings is 1. The van der Waals surface area contributed by atoms with E-state index >= 15 is 0 Å². The summed E-state index contributed by atoms with van der Waals surface area (Å²) in [5, 5.41) is 6.27. The van der Waals surface area contributed by atoms with E-state index in [1.807, 2.05) is 6.92 Å². The smallest absolute Gasteiger partial charge is 0.223 e. The monoisotopic (exact) mass is 303 g/mol. The highest BCUT2D eigenvalue weighted by Crippen LogP contribution is 2.16. The van der Waals surface area contributed by atoms with E-state index in [2.05, 4.69) is 53.6 Å². The van der Waals surface area contributed by atoms with Crippen LogP contribution in [0.1, 0.15) is 31.9 Å². The molecular formula is C18H29N3O. The van der Waals surface area contributed by atoms with Gasteiger partial charge in [-0.25, -0.2) is 0 Å². The van der Waals surface area contributed by atoms with E-state index in [4.69, 9.17) is 0 Å². The first-order valence-electron chi connectivity index (χ1n) is 8.42. The lowest BCUT2D eigenvalue weighted by atomic mass is 9.88. The van der Waals surface area contributed by atoms with Gasteiger partial charge in [0.1, 0.15) is 0 Å². The molecule has 0 spiro atoms. The number of nitrogens with one attached hydrogen (secondary N) is 2. The summed E-state index contributed by atoms with van der Waals surface area (Å²) in [5.41, 5.74) is 2.49. The highest BCUT2D eigenvalue weighted by Gasteiger charge is 2.28. The molecule has 22 heavy (non-hydrogen) atoms. The number of nitrogens with zero attached hydrogens (tertiary/aromatic N) is 1. The molecule has 1 aliphatic rings. The number of hydrogen-bond acceptors (Lipinski definition) is 3. The number of amides is 1. The van der Waals surface area contributed by atoms with E-state index in [1.54, 1.807) is 0 Å². The van der Waals surface area contributed by atoms with Crippen LogP contribution < -0.4 is 10.6 Å². The zero-order valence-electron chi connectivity index (χ0n) is 14.1. The second-order valence-corrected chi connectivity index (χ2v) is 6.20. The zero-order valence-corrected chi connectivity index (χ0v) is 14.1. The summed E-state index contributed by atoms with van der Waals surface area (Å²) in [6, 6.07) is 8.57. The van der Waals surface area contributed by atoms with Gasteiger partial charge >= 0.3 is 0 Å². The predicted octanol–water partition coefficient (Wildman–Crippen LogP) is 2.00. The molecule has 1 atom stereocenters. The van der Waals surface area contributed by atoms with Crippen molar-refractivity contribution in [3.05, 3.63) is 35.4 Å². The minimum absolute atomic E-state index is 0.100. The van der Waals surface area contributed by atoms with Crippen LogP contribution in [-0.2, 0) is 17.9 Å². The van der Waals surface area contributed by atoms with Gasteiger partial charge < -0.3 is 10.6 Å². The van der Waals surface area contributed by atoms with E-state index in [-0.39, 0.29) is 11.8 Å². The van der Waals surface area contributed by atoms with Crippen LogP contribution in [0.4, 0.5) is 0 Å². The Morgan fingerprint density at radius 1 is 1.23 bits per heavy atom. The van der Waals surface area contributed by atoms with Crippen molar-refractivity contribution in [2.45, 2.75) is 33.9 Å². The van der Waals surface area contributed by atoms with Crippen molar-refractivity contribution >= 4 is 5.91 Å². The quantitative estimate of drug-likeness (QED) is 0.772. The molecule has 4 nitrogen and oxygen atoms in total. The van der Waals surface area contributed by atoms with Crippen molar-refractivity contribution < 1.29 is 4.79 Å². The molecule has 0 aromatic heterocycles. The molecular weight excluding hydrogens is 274 g/mol. The van der Waals surface area contributed by atoms with Gasteiger partial charge in [0, 0.05) is 19.0 Å². The normalized spacial score (nSPS) is 16.4. The van der Waals surface area contributed by atoms with E-state index < -0.39 is 0 Å². The molecule has 1 heterocycles. The second kappa shape index (κ2) is 8.30. The maximum atomic E-state index is 12.1. The number of carbonyl (C=O) groups excluding carboxylic acids is 1. The van der Waals surface area contributed by atoms with Gasteiger partial charge in [-0.15, -0.1) is 0 Å². The third-order valence-corrected chi connectivity index (χ3v) is 4.72. The van der Waals surface area contributed by atoms with Crippen LogP contribution in [0.15, 0.2) is 24.3 Å². The fourth-order valence-electron chi connectivity index (χ4n) is 2.70. The number of rotatable bonds is 8. The first kappa shape index (κ1) is 17.0. The minimum atomic E-state index is 0.100. The molecule has 4 heteroatoms. The molecule has 122 valence electrons.